The molecule has 0 aromatic carbocycles. The van der Waals surface area contributed by atoms with Crippen LogP contribution in [0.5, 0.6) is 0 Å². The third-order valence-corrected chi connectivity index (χ3v) is 4.34. The molecule has 1 atom stereocenters. The Kier molecular flexibility index (Phi) is 5.13. The van der Waals surface area contributed by atoms with Crippen molar-refractivity contribution in [3.63, 3.8) is 0 Å². The van der Waals surface area contributed by atoms with E-state index in [1.165, 1.54) is 25.7 Å². The van der Waals surface area contributed by atoms with Crippen LogP contribution in [-0.4, -0.2) is 18.1 Å². The minimum atomic E-state index is 0.463. The van der Waals surface area contributed by atoms with Gasteiger partial charge >= 0.3 is 0 Å². The molecule has 2 rings (SSSR count). The first-order chi connectivity index (χ1) is 8.74. The van der Waals surface area contributed by atoms with E-state index in [-0.39, 0.29) is 0 Å². The molecule has 0 radical (unpaired) electrons. The quantitative estimate of drug-likeness (QED) is 0.761. The molecule has 0 amide bonds. The summed E-state index contributed by atoms with van der Waals surface area (Å²) in [5, 5.41) is 0.725. The number of aromatic nitrogens is 1. The van der Waals surface area contributed by atoms with E-state index in [9.17, 15) is 0 Å². The molecule has 0 N–H and O–H groups in total. The lowest BCUT2D eigenvalue weighted by Crippen LogP contribution is -2.25. The second-order valence-corrected chi connectivity index (χ2v) is 5.65. The van der Waals surface area contributed by atoms with Crippen LogP contribution in [0.4, 0.5) is 5.82 Å². The standard InChI is InChI=1S/C14H20Cl2N2/c1-2-11-4-3-6-18(7-5-11)14-13(16)8-12(9-15)10-17-14/h8,10-11H,2-7,9H2,1H3. The van der Waals surface area contributed by atoms with Gasteiger partial charge in [-0.05, 0) is 36.8 Å². The molecule has 1 fully saturated rings. The third kappa shape index (κ3) is 3.30. The maximum atomic E-state index is 6.30. The summed E-state index contributed by atoms with van der Waals surface area (Å²) < 4.78 is 0. The van der Waals surface area contributed by atoms with Crippen LogP contribution >= 0.6 is 23.2 Å². The van der Waals surface area contributed by atoms with Crippen LogP contribution in [0.3, 0.4) is 0 Å². The predicted octanol–water partition coefficient (Wildman–Crippen LogP) is 4.49. The maximum absolute atomic E-state index is 6.30. The Hall–Kier alpha value is -0.470. The monoisotopic (exact) mass is 286 g/mol. The highest BCUT2D eigenvalue weighted by Gasteiger charge is 2.18. The summed E-state index contributed by atoms with van der Waals surface area (Å²) in [6.45, 7) is 4.40. The smallest absolute Gasteiger partial charge is 0.147 e. The highest BCUT2D eigenvalue weighted by atomic mass is 35.5. The second-order valence-electron chi connectivity index (χ2n) is 4.97. The lowest BCUT2D eigenvalue weighted by atomic mass is 9.98. The number of nitrogens with zero attached hydrogens (tertiary/aromatic N) is 2. The first kappa shape index (κ1) is 14.0. The van der Waals surface area contributed by atoms with Crippen LogP contribution < -0.4 is 4.90 Å². The SMILES string of the molecule is CCC1CCCN(c2ncc(CCl)cc2Cl)CC1. The lowest BCUT2D eigenvalue weighted by molar-refractivity contribution is 0.459. The summed E-state index contributed by atoms with van der Waals surface area (Å²) in [5.74, 6) is 2.24. The van der Waals surface area contributed by atoms with Crippen LogP contribution in [0.2, 0.25) is 5.02 Å². The number of hydrogen-bond acceptors (Lipinski definition) is 2. The average molecular weight is 287 g/mol. The minimum absolute atomic E-state index is 0.463. The molecule has 0 spiro atoms. The summed E-state index contributed by atoms with van der Waals surface area (Å²) in [7, 11) is 0. The van der Waals surface area contributed by atoms with Crippen LogP contribution in [0.25, 0.3) is 0 Å². The van der Waals surface area contributed by atoms with Gasteiger partial charge in [0.25, 0.3) is 0 Å². The Bertz CT molecular complexity index is 395. The molecule has 1 unspecified atom stereocenters. The summed E-state index contributed by atoms with van der Waals surface area (Å²) >= 11 is 12.1. The van der Waals surface area contributed by atoms with Crippen molar-refractivity contribution >= 4 is 29.0 Å². The van der Waals surface area contributed by atoms with Crippen molar-refractivity contribution < 1.29 is 0 Å². The van der Waals surface area contributed by atoms with Gasteiger partial charge in [0.2, 0.25) is 0 Å². The zero-order valence-electron chi connectivity index (χ0n) is 10.8. The molecule has 0 aliphatic carbocycles. The fourth-order valence-corrected chi connectivity index (χ4v) is 3.02. The second kappa shape index (κ2) is 6.63. The molecule has 1 saturated heterocycles. The Morgan fingerprint density at radius 2 is 2.22 bits per heavy atom. The summed E-state index contributed by atoms with van der Waals surface area (Å²) in [6, 6.07) is 1.93. The third-order valence-electron chi connectivity index (χ3n) is 3.76. The van der Waals surface area contributed by atoms with Gasteiger partial charge in [-0.25, -0.2) is 4.98 Å². The van der Waals surface area contributed by atoms with Gasteiger partial charge in [0, 0.05) is 25.2 Å². The topological polar surface area (TPSA) is 16.1 Å². The van der Waals surface area contributed by atoms with Gasteiger partial charge in [0.1, 0.15) is 5.82 Å². The molecule has 2 heterocycles. The number of rotatable bonds is 3. The zero-order valence-corrected chi connectivity index (χ0v) is 12.3. The molecular weight excluding hydrogens is 267 g/mol. The van der Waals surface area contributed by atoms with E-state index < -0.39 is 0 Å². The van der Waals surface area contributed by atoms with Gasteiger partial charge in [-0.3, -0.25) is 0 Å². The molecule has 0 bridgehead atoms. The summed E-state index contributed by atoms with van der Waals surface area (Å²) in [5.41, 5.74) is 0.978. The number of alkyl halides is 1. The van der Waals surface area contributed by atoms with E-state index in [1.54, 1.807) is 0 Å². The molecular formula is C14H20Cl2N2. The number of anilines is 1. The van der Waals surface area contributed by atoms with Crippen LogP contribution in [0.1, 0.15) is 38.2 Å². The van der Waals surface area contributed by atoms with Gasteiger partial charge in [-0.1, -0.05) is 24.9 Å². The minimum Gasteiger partial charge on any atom is -0.355 e. The zero-order chi connectivity index (χ0) is 13.0. The van der Waals surface area contributed by atoms with Crippen molar-refractivity contribution in [1.82, 2.24) is 4.98 Å². The van der Waals surface area contributed by atoms with Crippen molar-refractivity contribution in [3.05, 3.63) is 22.8 Å². The molecule has 1 aromatic heterocycles. The van der Waals surface area contributed by atoms with Crippen LogP contribution in [-0.2, 0) is 5.88 Å². The summed E-state index contributed by atoms with van der Waals surface area (Å²) in [4.78, 5) is 6.79. The Labute approximate surface area is 119 Å². The van der Waals surface area contributed by atoms with Gasteiger partial charge in [-0.15, -0.1) is 11.6 Å². The molecule has 18 heavy (non-hydrogen) atoms. The van der Waals surface area contributed by atoms with Crippen LogP contribution in [0, 0.1) is 5.92 Å². The first-order valence-electron chi connectivity index (χ1n) is 6.70. The van der Waals surface area contributed by atoms with Crippen molar-refractivity contribution in [3.8, 4) is 0 Å². The molecule has 100 valence electrons. The lowest BCUT2D eigenvalue weighted by Gasteiger charge is -2.22. The molecule has 1 aromatic rings. The molecule has 2 nitrogen and oxygen atoms in total. The summed E-state index contributed by atoms with van der Waals surface area (Å²) in [6.07, 6.45) is 6.90. The van der Waals surface area contributed by atoms with E-state index >= 15 is 0 Å². The fraction of sp³-hybridized carbons (Fsp3) is 0.643. The van der Waals surface area contributed by atoms with Crippen molar-refractivity contribution in [2.45, 2.75) is 38.5 Å². The fourth-order valence-electron chi connectivity index (χ4n) is 2.56. The molecule has 4 heteroatoms. The normalized spacial score (nSPS) is 20.8. The molecule has 0 saturated carbocycles. The van der Waals surface area contributed by atoms with E-state index in [0.29, 0.717) is 5.88 Å². The van der Waals surface area contributed by atoms with Crippen molar-refractivity contribution in [2.75, 3.05) is 18.0 Å². The van der Waals surface area contributed by atoms with Gasteiger partial charge < -0.3 is 4.90 Å². The van der Waals surface area contributed by atoms with Crippen LogP contribution in [0.15, 0.2) is 12.3 Å². The Morgan fingerprint density at radius 1 is 1.39 bits per heavy atom. The van der Waals surface area contributed by atoms with Crippen molar-refractivity contribution in [1.29, 1.82) is 0 Å². The van der Waals surface area contributed by atoms with E-state index in [0.717, 1.165) is 35.4 Å². The molecule has 1 aliphatic rings. The van der Waals surface area contributed by atoms with Gasteiger partial charge in [0.15, 0.2) is 0 Å². The highest BCUT2D eigenvalue weighted by Crippen LogP contribution is 2.28. The number of halogens is 2. The van der Waals surface area contributed by atoms with E-state index in [2.05, 4.69) is 16.8 Å². The van der Waals surface area contributed by atoms with Gasteiger partial charge in [0.05, 0.1) is 5.02 Å². The number of hydrogen-bond donors (Lipinski definition) is 0. The maximum Gasteiger partial charge on any atom is 0.147 e. The Morgan fingerprint density at radius 3 is 2.89 bits per heavy atom. The first-order valence-corrected chi connectivity index (χ1v) is 7.61. The largest absolute Gasteiger partial charge is 0.355 e. The van der Waals surface area contributed by atoms with Crippen molar-refractivity contribution in [2.24, 2.45) is 5.92 Å². The predicted molar refractivity (Wildman–Crippen MR) is 78.6 cm³/mol. The molecule has 1 aliphatic heterocycles. The Balaban J connectivity index is 2.11. The van der Waals surface area contributed by atoms with E-state index in [1.807, 2.05) is 12.3 Å². The van der Waals surface area contributed by atoms with Gasteiger partial charge in [-0.2, -0.15) is 0 Å². The number of pyridine rings is 1. The highest BCUT2D eigenvalue weighted by molar-refractivity contribution is 6.33. The average Bonchev–Trinajstić information content (AvgIpc) is 2.63. The van der Waals surface area contributed by atoms with E-state index in [4.69, 9.17) is 23.2 Å².